The molecule has 7 rings (SSSR count). The van der Waals surface area contributed by atoms with E-state index >= 15 is 4.39 Å². The minimum Gasteiger partial charge on any atom is -0.475 e. The fourth-order valence-electron chi connectivity index (χ4n) is 6.57. The van der Waals surface area contributed by atoms with E-state index in [1.54, 1.807) is 18.7 Å². The number of ether oxygens (including phenoxy) is 2. The molecule has 3 atom stereocenters. The Morgan fingerprint density at radius 2 is 1.86 bits per heavy atom. The predicted molar refractivity (Wildman–Crippen MR) is 174 cm³/mol. The SMILES string of the molecule is CC1CCCN1C.COc1nc2c3c(nc(-c4c(C(F)(F)F)c(C)cc5[nH]ncc45)c(F)c3n1)OC[C@H](C)N2C(C)c1cc(F)cnc1N. The minimum absolute atomic E-state index is 0.000771. The zero-order chi connectivity index (χ0) is 35.4. The van der Waals surface area contributed by atoms with Crippen molar-refractivity contribution in [1.82, 2.24) is 35.0 Å². The van der Waals surface area contributed by atoms with Crippen molar-refractivity contribution in [2.75, 3.05) is 37.9 Å². The highest BCUT2D eigenvalue weighted by Gasteiger charge is 2.40. The third kappa shape index (κ3) is 6.13. The molecule has 5 aromatic rings. The number of nitrogens with zero attached hydrogens (tertiary/aromatic N) is 7. The van der Waals surface area contributed by atoms with Crippen molar-refractivity contribution >= 4 is 33.4 Å². The van der Waals surface area contributed by atoms with Crippen LogP contribution < -0.4 is 20.1 Å². The summed E-state index contributed by atoms with van der Waals surface area (Å²) in [5.41, 5.74) is 3.93. The lowest BCUT2D eigenvalue weighted by Crippen LogP contribution is -2.39. The van der Waals surface area contributed by atoms with Gasteiger partial charge in [-0.1, -0.05) is 0 Å². The number of aromatic amines is 1. The normalized spacial score (nSPS) is 18.6. The van der Waals surface area contributed by atoms with Crippen LogP contribution in [0.3, 0.4) is 0 Å². The molecule has 0 aliphatic carbocycles. The largest absolute Gasteiger partial charge is 0.475 e. The Morgan fingerprint density at radius 3 is 2.49 bits per heavy atom. The van der Waals surface area contributed by atoms with E-state index in [1.165, 1.54) is 51.7 Å². The lowest BCUT2D eigenvalue weighted by Gasteiger charge is -2.34. The van der Waals surface area contributed by atoms with Crippen molar-refractivity contribution in [3.05, 3.63) is 52.9 Å². The fourth-order valence-corrected chi connectivity index (χ4v) is 6.57. The Morgan fingerprint density at radius 1 is 1.10 bits per heavy atom. The maximum atomic E-state index is 16.6. The van der Waals surface area contributed by atoms with Gasteiger partial charge in [-0.25, -0.2) is 18.7 Å². The van der Waals surface area contributed by atoms with Crippen LogP contribution in [0, 0.1) is 18.6 Å². The number of anilines is 2. The first kappa shape index (κ1) is 34.0. The van der Waals surface area contributed by atoms with Crippen LogP contribution >= 0.6 is 0 Å². The molecular formula is C33H36F5N9O2. The molecule has 0 saturated carbocycles. The van der Waals surface area contributed by atoms with E-state index in [0.717, 1.165) is 12.2 Å². The van der Waals surface area contributed by atoms with Gasteiger partial charge in [0.05, 0.1) is 42.7 Å². The van der Waals surface area contributed by atoms with Crippen LogP contribution in [0.5, 0.6) is 11.9 Å². The van der Waals surface area contributed by atoms with Crippen LogP contribution in [0.25, 0.3) is 33.1 Å². The number of pyridine rings is 2. The number of aromatic nitrogens is 6. The number of nitrogen functional groups attached to an aromatic ring is 1. The van der Waals surface area contributed by atoms with Gasteiger partial charge in [-0.15, -0.1) is 0 Å². The van der Waals surface area contributed by atoms with Crippen molar-refractivity contribution in [3.8, 4) is 23.1 Å². The van der Waals surface area contributed by atoms with E-state index in [0.29, 0.717) is 5.56 Å². The van der Waals surface area contributed by atoms with Crippen LogP contribution in [0.4, 0.5) is 33.6 Å². The smallest absolute Gasteiger partial charge is 0.417 e. The zero-order valence-electron chi connectivity index (χ0n) is 27.8. The molecule has 4 aromatic heterocycles. The number of H-pyrrole nitrogens is 1. The molecule has 0 radical (unpaired) electrons. The zero-order valence-corrected chi connectivity index (χ0v) is 27.8. The maximum absolute atomic E-state index is 16.6. The van der Waals surface area contributed by atoms with Gasteiger partial charge in [0.2, 0.25) is 5.88 Å². The maximum Gasteiger partial charge on any atom is 0.417 e. The number of halogens is 5. The lowest BCUT2D eigenvalue weighted by atomic mass is 9.94. The number of aryl methyl sites for hydroxylation is 1. The fraction of sp³-hybridized carbons (Fsp3) is 0.424. The monoisotopic (exact) mass is 685 g/mol. The summed E-state index contributed by atoms with van der Waals surface area (Å²) in [5, 5.41) is 6.52. The van der Waals surface area contributed by atoms with Gasteiger partial charge in [0.25, 0.3) is 0 Å². The molecule has 260 valence electrons. The summed E-state index contributed by atoms with van der Waals surface area (Å²) in [6.45, 7) is 8.33. The number of rotatable bonds is 4. The molecule has 11 nitrogen and oxygen atoms in total. The van der Waals surface area contributed by atoms with Crippen molar-refractivity contribution in [2.24, 2.45) is 0 Å². The van der Waals surface area contributed by atoms with Gasteiger partial charge in [-0.2, -0.15) is 28.2 Å². The van der Waals surface area contributed by atoms with Crippen molar-refractivity contribution in [2.45, 2.75) is 64.8 Å². The van der Waals surface area contributed by atoms with E-state index in [-0.39, 0.29) is 57.5 Å². The van der Waals surface area contributed by atoms with Crippen LogP contribution in [-0.4, -0.2) is 74.4 Å². The van der Waals surface area contributed by atoms with Crippen molar-refractivity contribution in [1.29, 1.82) is 0 Å². The molecule has 49 heavy (non-hydrogen) atoms. The van der Waals surface area contributed by atoms with Gasteiger partial charge in [-0.3, -0.25) is 5.10 Å². The molecule has 1 aromatic carbocycles. The molecule has 1 saturated heterocycles. The number of alkyl halides is 3. The Kier molecular flexibility index (Phi) is 8.94. The molecule has 0 spiro atoms. The van der Waals surface area contributed by atoms with E-state index in [9.17, 15) is 17.6 Å². The molecule has 16 heteroatoms. The Hall–Kier alpha value is -4.86. The first-order valence-corrected chi connectivity index (χ1v) is 15.7. The van der Waals surface area contributed by atoms with E-state index in [2.05, 4.69) is 49.0 Å². The predicted octanol–water partition coefficient (Wildman–Crippen LogP) is 6.61. The quantitative estimate of drug-likeness (QED) is 0.199. The Labute approximate surface area is 278 Å². The van der Waals surface area contributed by atoms with Gasteiger partial charge in [-0.05, 0) is 71.8 Å². The van der Waals surface area contributed by atoms with Gasteiger partial charge >= 0.3 is 12.2 Å². The molecule has 1 fully saturated rings. The first-order chi connectivity index (χ1) is 23.2. The summed E-state index contributed by atoms with van der Waals surface area (Å²) >= 11 is 0. The van der Waals surface area contributed by atoms with Gasteiger partial charge in [0.15, 0.2) is 5.82 Å². The van der Waals surface area contributed by atoms with Crippen LogP contribution in [0.2, 0.25) is 0 Å². The number of nitrogens with one attached hydrogen (secondary N) is 1. The molecule has 3 N–H and O–H groups in total. The number of benzene rings is 1. The molecule has 2 unspecified atom stereocenters. The van der Waals surface area contributed by atoms with E-state index < -0.39 is 46.7 Å². The van der Waals surface area contributed by atoms with Crippen LogP contribution in [-0.2, 0) is 6.18 Å². The average Bonchev–Trinajstić information content (AvgIpc) is 3.64. The number of hydrogen-bond acceptors (Lipinski definition) is 10. The summed E-state index contributed by atoms with van der Waals surface area (Å²) in [5.74, 6) is -1.76. The van der Waals surface area contributed by atoms with E-state index in [4.69, 9.17) is 15.2 Å². The summed E-state index contributed by atoms with van der Waals surface area (Å²) in [6.07, 6.45) is 0.115. The second-order valence-corrected chi connectivity index (χ2v) is 12.5. The van der Waals surface area contributed by atoms with Gasteiger partial charge in [0, 0.05) is 22.6 Å². The summed E-state index contributed by atoms with van der Waals surface area (Å²) in [7, 11) is 3.46. The molecule has 0 bridgehead atoms. The summed E-state index contributed by atoms with van der Waals surface area (Å²) < 4.78 is 85.3. The standard InChI is InChI=1S/C27H23F5N8O2.C6H13N/c1-10-5-16-15(8-35-39-16)17(19(10)27(30,31)32)21-20(29)22-18-24(38-26(37-22)41-4)40(11(2)9-42-25(18)36-21)12(3)14-6-13(28)7-34-23(14)33;1-6-4-3-5-7(6)2/h5-8,11-12H,9H2,1-4H3,(H2,33,34)(H,35,39);6H,3-5H2,1-2H3/t11-,12?;/m0./s1. The minimum atomic E-state index is -4.85. The highest BCUT2D eigenvalue weighted by Crippen LogP contribution is 2.47. The van der Waals surface area contributed by atoms with Gasteiger partial charge in [0.1, 0.15) is 40.7 Å². The second-order valence-electron chi connectivity index (χ2n) is 12.5. The van der Waals surface area contributed by atoms with Crippen LogP contribution in [0.1, 0.15) is 56.3 Å². The first-order valence-electron chi connectivity index (χ1n) is 15.7. The number of methoxy groups -OCH3 is 1. The third-order valence-electron chi connectivity index (χ3n) is 9.21. The average molecular weight is 686 g/mol. The third-order valence-corrected chi connectivity index (χ3v) is 9.21. The van der Waals surface area contributed by atoms with E-state index in [1.807, 2.05) is 0 Å². The molecule has 0 amide bonds. The van der Waals surface area contributed by atoms with Crippen molar-refractivity contribution < 1.29 is 31.4 Å². The highest BCUT2D eigenvalue weighted by molar-refractivity contribution is 6.02. The van der Waals surface area contributed by atoms with Gasteiger partial charge < -0.3 is 25.0 Å². The molecule has 2 aliphatic heterocycles. The second kappa shape index (κ2) is 12.9. The van der Waals surface area contributed by atoms with Crippen molar-refractivity contribution in [3.63, 3.8) is 0 Å². The topological polar surface area (TPSA) is 131 Å². The lowest BCUT2D eigenvalue weighted by molar-refractivity contribution is -0.137. The number of likely N-dealkylation sites (tertiary alicyclic amines) is 1. The van der Waals surface area contributed by atoms with Crippen LogP contribution in [0.15, 0.2) is 24.5 Å². The molecular weight excluding hydrogens is 649 g/mol. The summed E-state index contributed by atoms with van der Waals surface area (Å²) in [6, 6.07) is 1.95. The highest BCUT2D eigenvalue weighted by atomic mass is 19.4. The molecule has 6 heterocycles. The Bertz CT molecular complexity index is 2030. The molecule has 2 aliphatic rings. The number of fused-ring (bicyclic) bond motifs is 1. The Balaban J connectivity index is 0.000000531. The number of nitrogens with two attached hydrogens (primary N) is 1. The number of hydrogen-bond donors (Lipinski definition) is 2. The summed E-state index contributed by atoms with van der Waals surface area (Å²) in [4.78, 5) is 20.9.